The average molecular weight is 330 g/mol. The summed E-state index contributed by atoms with van der Waals surface area (Å²) in [5, 5.41) is 5.97. The van der Waals surface area contributed by atoms with Crippen LogP contribution in [-0.4, -0.2) is 36.1 Å². The summed E-state index contributed by atoms with van der Waals surface area (Å²) in [5.74, 6) is 1.62. The molecule has 1 amide bonds. The summed E-state index contributed by atoms with van der Waals surface area (Å²) in [5.41, 5.74) is 1.21. The number of hydrogen-bond acceptors (Lipinski definition) is 6. The molecule has 0 atom stereocenters. The molecule has 7 nitrogen and oxygen atoms in total. The Morgan fingerprint density at radius 1 is 1.12 bits per heavy atom. The van der Waals surface area contributed by atoms with E-state index >= 15 is 0 Å². The minimum absolute atomic E-state index is 0.225. The van der Waals surface area contributed by atoms with Crippen molar-refractivity contribution in [2.75, 3.05) is 19.5 Å². The third kappa shape index (κ3) is 4.58. The van der Waals surface area contributed by atoms with Crippen LogP contribution in [0, 0.1) is 0 Å². The molecule has 0 aliphatic heterocycles. The summed E-state index contributed by atoms with van der Waals surface area (Å²) in [7, 11) is 3.15. The van der Waals surface area contributed by atoms with Gasteiger partial charge in [0.2, 0.25) is 0 Å². The van der Waals surface area contributed by atoms with Gasteiger partial charge in [0, 0.05) is 18.7 Å². The number of aromatic nitrogens is 2. The second-order valence-corrected chi connectivity index (χ2v) is 5.46. The highest BCUT2D eigenvalue weighted by Gasteiger charge is 2.10. The topological polar surface area (TPSA) is 85.4 Å². The van der Waals surface area contributed by atoms with Crippen LogP contribution in [-0.2, 0) is 6.54 Å². The zero-order chi connectivity index (χ0) is 17.5. The Balaban J connectivity index is 2.03. The van der Waals surface area contributed by atoms with Gasteiger partial charge < -0.3 is 20.1 Å². The van der Waals surface area contributed by atoms with Gasteiger partial charge in [-0.15, -0.1) is 0 Å². The quantitative estimate of drug-likeness (QED) is 0.810. The molecule has 128 valence electrons. The molecule has 0 bridgehead atoms. The van der Waals surface area contributed by atoms with Crippen molar-refractivity contribution in [3.8, 4) is 11.5 Å². The number of anilines is 1. The van der Waals surface area contributed by atoms with Crippen LogP contribution in [0.5, 0.6) is 11.5 Å². The molecule has 0 spiro atoms. The van der Waals surface area contributed by atoms with Crippen molar-refractivity contribution in [3.05, 3.63) is 41.9 Å². The van der Waals surface area contributed by atoms with Gasteiger partial charge in [-0.25, -0.2) is 9.97 Å². The van der Waals surface area contributed by atoms with Crippen LogP contribution in [0.4, 0.5) is 5.82 Å². The molecular weight excluding hydrogens is 308 g/mol. The number of hydrogen-bond donors (Lipinski definition) is 2. The summed E-state index contributed by atoms with van der Waals surface area (Å²) in [6.45, 7) is 4.36. The van der Waals surface area contributed by atoms with Gasteiger partial charge in [-0.05, 0) is 31.5 Å². The van der Waals surface area contributed by atoms with Gasteiger partial charge >= 0.3 is 0 Å². The normalized spacial score (nSPS) is 10.4. The molecular formula is C17H22N4O3. The van der Waals surface area contributed by atoms with Gasteiger partial charge in [0.25, 0.3) is 5.91 Å². The third-order valence-corrected chi connectivity index (χ3v) is 3.24. The van der Waals surface area contributed by atoms with Crippen molar-refractivity contribution in [2.24, 2.45) is 0 Å². The highest BCUT2D eigenvalue weighted by Crippen LogP contribution is 2.27. The number of methoxy groups -OCH3 is 2. The van der Waals surface area contributed by atoms with E-state index in [1.165, 1.54) is 6.33 Å². The van der Waals surface area contributed by atoms with Crippen molar-refractivity contribution in [3.63, 3.8) is 0 Å². The lowest BCUT2D eigenvalue weighted by atomic mass is 10.2. The number of carbonyl (C=O) groups excluding carboxylic acids is 1. The van der Waals surface area contributed by atoms with E-state index < -0.39 is 0 Å². The minimum Gasteiger partial charge on any atom is -0.493 e. The molecule has 7 heteroatoms. The van der Waals surface area contributed by atoms with E-state index in [9.17, 15) is 4.79 Å². The smallest absolute Gasteiger partial charge is 0.270 e. The Bertz CT molecular complexity index is 704. The summed E-state index contributed by atoms with van der Waals surface area (Å²) < 4.78 is 10.4. The first-order valence-electron chi connectivity index (χ1n) is 7.61. The van der Waals surface area contributed by atoms with Crippen molar-refractivity contribution in [2.45, 2.75) is 26.4 Å². The van der Waals surface area contributed by atoms with Crippen LogP contribution in [0.1, 0.15) is 29.9 Å². The van der Waals surface area contributed by atoms with Crippen LogP contribution in [0.2, 0.25) is 0 Å². The van der Waals surface area contributed by atoms with Gasteiger partial charge in [0.05, 0.1) is 14.2 Å². The SMILES string of the molecule is COc1ccc(CNC(=O)c2cc(NC(C)C)ncn2)cc1OC. The highest BCUT2D eigenvalue weighted by atomic mass is 16.5. The standard InChI is InChI=1S/C17H22N4O3/c1-11(2)21-16-8-13(19-10-20-16)17(22)18-9-12-5-6-14(23-3)15(7-12)24-4/h5-8,10-11H,9H2,1-4H3,(H,18,22)(H,19,20,21). The second kappa shape index (κ2) is 8.14. The molecule has 0 aliphatic rings. The van der Waals surface area contributed by atoms with E-state index in [4.69, 9.17) is 9.47 Å². The Labute approximate surface area is 141 Å². The number of ether oxygens (including phenoxy) is 2. The fourth-order valence-electron chi connectivity index (χ4n) is 2.12. The summed E-state index contributed by atoms with van der Waals surface area (Å²) in [6, 6.07) is 7.35. The lowest BCUT2D eigenvalue weighted by Crippen LogP contribution is -2.24. The first kappa shape index (κ1) is 17.5. The second-order valence-electron chi connectivity index (χ2n) is 5.46. The van der Waals surface area contributed by atoms with Crippen molar-refractivity contribution in [1.29, 1.82) is 0 Å². The zero-order valence-corrected chi connectivity index (χ0v) is 14.3. The molecule has 0 saturated heterocycles. The number of nitrogens with zero attached hydrogens (tertiary/aromatic N) is 2. The molecule has 0 saturated carbocycles. The number of benzene rings is 1. The molecule has 0 aliphatic carbocycles. The van der Waals surface area contributed by atoms with Crippen molar-refractivity contribution in [1.82, 2.24) is 15.3 Å². The molecule has 1 aromatic carbocycles. The molecule has 0 fully saturated rings. The maximum atomic E-state index is 12.2. The summed E-state index contributed by atoms with van der Waals surface area (Å²) in [4.78, 5) is 20.3. The summed E-state index contributed by atoms with van der Waals surface area (Å²) >= 11 is 0. The van der Waals surface area contributed by atoms with Gasteiger partial charge in [0.15, 0.2) is 11.5 Å². The highest BCUT2D eigenvalue weighted by molar-refractivity contribution is 5.92. The molecule has 0 unspecified atom stereocenters. The third-order valence-electron chi connectivity index (χ3n) is 3.24. The lowest BCUT2D eigenvalue weighted by Gasteiger charge is -2.11. The van der Waals surface area contributed by atoms with E-state index in [1.54, 1.807) is 26.4 Å². The van der Waals surface area contributed by atoms with Crippen LogP contribution < -0.4 is 20.1 Å². The zero-order valence-electron chi connectivity index (χ0n) is 14.3. The van der Waals surface area contributed by atoms with E-state index in [-0.39, 0.29) is 11.9 Å². The van der Waals surface area contributed by atoms with Gasteiger partial charge in [-0.3, -0.25) is 4.79 Å². The minimum atomic E-state index is -0.265. The Morgan fingerprint density at radius 3 is 2.54 bits per heavy atom. The number of nitrogens with one attached hydrogen (secondary N) is 2. The molecule has 2 aromatic rings. The van der Waals surface area contributed by atoms with E-state index in [1.807, 2.05) is 26.0 Å². The van der Waals surface area contributed by atoms with Gasteiger partial charge in [-0.2, -0.15) is 0 Å². The predicted molar refractivity (Wildman–Crippen MR) is 91.5 cm³/mol. The van der Waals surface area contributed by atoms with Crippen LogP contribution >= 0.6 is 0 Å². The molecule has 2 rings (SSSR count). The first-order valence-corrected chi connectivity index (χ1v) is 7.61. The number of carbonyl (C=O) groups is 1. The molecule has 2 N–H and O–H groups in total. The monoisotopic (exact) mass is 330 g/mol. The first-order chi connectivity index (χ1) is 11.5. The maximum Gasteiger partial charge on any atom is 0.270 e. The van der Waals surface area contributed by atoms with Crippen molar-refractivity contribution >= 4 is 11.7 Å². The van der Waals surface area contributed by atoms with Gasteiger partial charge in [-0.1, -0.05) is 6.07 Å². The van der Waals surface area contributed by atoms with E-state index in [0.717, 1.165) is 5.56 Å². The Kier molecular flexibility index (Phi) is 5.95. The fraction of sp³-hybridized carbons (Fsp3) is 0.353. The summed E-state index contributed by atoms with van der Waals surface area (Å²) in [6.07, 6.45) is 1.37. The van der Waals surface area contributed by atoms with Crippen molar-refractivity contribution < 1.29 is 14.3 Å². The largest absolute Gasteiger partial charge is 0.493 e. The fourth-order valence-corrected chi connectivity index (χ4v) is 2.12. The average Bonchev–Trinajstić information content (AvgIpc) is 2.59. The lowest BCUT2D eigenvalue weighted by molar-refractivity contribution is 0.0945. The molecule has 24 heavy (non-hydrogen) atoms. The number of amides is 1. The Morgan fingerprint density at radius 2 is 1.88 bits per heavy atom. The van der Waals surface area contributed by atoms with Crippen LogP contribution in [0.25, 0.3) is 0 Å². The van der Waals surface area contributed by atoms with Gasteiger partial charge in [0.1, 0.15) is 17.8 Å². The number of rotatable bonds is 7. The van der Waals surface area contributed by atoms with Crippen LogP contribution in [0.15, 0.2) is 30.6 Å². The molecule has 1 heterocycles. The molecule has 1 aromatic heterocycles. The van der Waals surface area contributed by atoms with E-state index in [2.05, 4.69) is 20.6 Å². The Hall–Kier alpha value is -2.83. The predicted octanol–water partition coefficient (Wildman–Crippen LogP) is 2.24. The van der Waals surface area contributed by atoms with Crippen LogP contribution in [0.3, 0.4) is 0 Å². The maximum absolute atomic E-state index is 12.2. The van der Waals surface area contributed by atoms with E-state index in [0.29, 0.717) is 29.6 Å². The molecule has 0 radical (unpaired) electrons.